The van der Waals surface area contributed by atoms with Crippen LogP contribution in [0.3, 0.4) is 0 Å². The summed E-state index contributed by atoms with van der Waals surface area (Å²) in [6.07, 6.45) is 38.5. The Morgan fingerprint density at radius 3 is 1.38 bits per heavy atom. The molecule has 1 atom stereocenters. The van der Waals surface area contributed by atoms with E-state index in [1.807, 2.05) is 0 Å². The maximum Gasteiger partial charge on any atom is 0.306 e. The number of esters is 1. The van der Waals surface area contributed by atoms with Crippen LogP contribution in [0.4, 0.5) is 0 Å². The molecule has 0 rings (SSSR count). The summed E-state index contributed by atoms with van der Waals surface area (Å²) < 4.78 is 11.6. The minimum absolute atomic E-state index is 0.0216. The fourth-order valence-corrected chi connectivity index (χ4v) is 6.97. The molecule has 0 heterocycles. The molecule has 0 saturated carbocycles. The van der Waals surface area contributed by atoms with Gasteiger partial charge in [-0.2, -0.15) is 0 Å². The number of hydrogen-bond acceptors (Lipinski definition) is 6. The molecule has 0 aromatic carbocycles. The van der Waals surface area contributed by atoms with Crippen LogP contribution >= 0.6 is 0 Å². The maximum atomic E-state index is 12.7. The monoisotopic (exact) mass is 712 g/mol. The van der Waals surface area contributed by atoms with Crippen molar-refractivity contribution in [2.75, 3.05) is 32.8 Å². The zero-order valence-electron chi connectivity index (χ0n) is 34.1. The van der Waals surface area contributed by atoms with E-state index in [-0.39, 0.29) is 18.7 Å². The van der Waals surface area contributed by atoms with Gasteiger partial charge in [-0.05, 0) is 77.3 Å². The number of ether oxygens (including phenoxy) is 2. The third kappa shape index (κ3) is 37.1. The number of carbonyl (C=O) groups excluding carboxylic acids is 1. The van der Waals surface area contributed by atoms with E-state index in [2.05, 4.69) is 25.7 Å². The topological polar surface area (TPSA) is 79.2 Å². The van der Waals surface area contributed by atoms with Gasteiger partial charge in [-0.3, -0.25) is 4.79 Å². The molecule has 50 heavy (non-hydrogen) atoms. The number of aliphatic hydroxyl groups is 2. The van der Waals surface area contributed by atoms with Crippen molar-refractivity contribution in [1.82, 2.24) is 4.90 Å². The molecule has 0 saturated heterocycles. The molecule has 0 radical (unpaired) electrons. The zero-order valence-corrected chi connectivity index (χ0v) is 34.1. The first-order chi connectivity index (χ1) is 24.6. The van der Waals surface area contributed by atoms with Crippen molar-refractivity contribution < 1.29 is 24.5 Å². The Morgan fingerprint density at radius 1 is 0.500 bits per heavy atom. The van der Waals surface area contributed by atoms with Crippen molar-refractivity contribution >= 4 is 5.97 Å². The highest BCUT2D eigenvalue weighted by Crippen LogP contribution is 2.19. The number of unbranched alkanes of at least 4 members (excludes halogenated alkanes) is 24. The molecule has 0 aliphatic rings. The molecule has 0 amide bonds. The molecule has 0 aromatic heterocycles. The van der Waals surface area contributed by atoms with Crippen LogP contribution in [0, 0.1) is 0 Å². The van der Waals surface area contributed by atoms with Gasteiger partial charge in [0.05, 0.1) is 6.61 Å². The summed E-state index contributed by atoms with van der Waals surface area (Å²) in [4.78, 5) is 15.1. The quantitative estimate of drug-likeness (QED) is 0.0373. The van der Waals surface area contributed by atoms with Crippen LogP contribution in [0.15, 0.2) is 0 Å². The molecule has 0 aliphatic carbocycles. The van der Waals surface area contributed by atoms with Gasteiger partial charge in [-0.15, -0.1) is 0 Å². The van der Waals surface area contributed by atoms with Gasteiger partial charge in [0.1, 0.15) is 6.10 Å². The van der Waals surface area contributed by atoms with Crippen molar-refractivity contribution in [2.24, 2.45) is 0 Å². The fourth-order valence-electron chi connectivity index (χ4n) is 6.97. The molecule has 0 spiro atoms. The SMILES string of the molecule is CCCCCCCCC(CCCCCCCC)OC(=O)CCCCCCCN(CCO)CCCCCCCCCC(O)OCCCCCCC. The molecule has 1 unspecified atom stereocenters. The first-order valence-electron chi connectivity index (χ1n) is 22.4. The predicted octanol–water partition coefficient (Wildman–Crippen LogP) is 12.5. The highest BCUT2D eigenvalue weighted by atomic mass is 16.6. The average molecular weight is 712 g/mol. The van der Waals surface area contributed by atoms with E-state index in [4.69, 9.17) is 9.47 Å². The Bertz CT molecular complexity index is 646. The van der Waals surface area contributed by atoms with E-state index in [1.165, 1.54) is 154 Å². The summed E-state index contributed by atoms with van der Waals surface area (Å²) in [6, 6.07) is 0. The summed E-state index contributed by atoms with van der Waals surface area (Å²) in [6.45, 7) is 10.6. The van der Waals surface area contributed by atoms with Gasteiger partial charge in [0.25, 0.3) is 0 Å². The predicted molar refractivity (Wildman–Crippen MR) is 215 cm³/mol. The zero-order chi connectivity index (χ0) is 36.6. The van der Waals surface area contributed by atoms with E-state index >= 15 is 0 Å². The molecule has 0 fully saturated rings. The van der Waals surface area contributed by atoms with E-state index < -0.39 is 6.29 Å². The van der Waals surface area contributed by atoms with E-state index in [1.54, 1.807) is 0 Å². The molecular formula is C44H89NO5. The van der Waals surface area contributed by atoms with Crippen LogP contribution in [-0.2, 0) is 14.3 Å². The Balaban J connectivity index is 3.92. The third-order valence-corrected chi connectivity index (χ3v) is 10.3. The molecule has 0 aliphatic heterocycles. The largest absolute Gasteiger partial charge is 0.462 e. The molecule has 6 heteroatoms. The number of carbonyl (C=O) groups is 1. The van der Waals surface area contributed by atoms with Crippen LogP contribution < -0.4 is 0 Å². The maximum absolute atomic E-state index is 12.7. The van der Waals surface area contributed by atoms with E-state index in [0.29, 0.717) is 13.0 Å². The molecule has 2 N–H and O–H groups in total. The molecule has 300 valence electrons. The normalized spacial score (nSPS) is 12.4. The van der Waals surface area contributed by atoms with Crippen molar-refractivity contribution in [1.29, 1.82) is 0 Å². The number of nitrogens with zero attached hydrogens (tertiary/aromatic N) is 1. The van der Waals surface area contributed by atoms with Crippen LogP contribution in [0.1, 0.15) is 233 Å². The lowest BCUT2D eigenvalue weighted by atomic mass is 10.0. The van der Waals surface area contributed by atoms with Crippen LogP contribution in [0.5, 0.6) is 0 Å². The second-order valence-electron chi connectivity index (χ2n) is 15.3. The van der Waals surface area contributed by atoms with Crippen LogP contribution in [0.25, 0.3) is 0 Å². The Morgan fingerprint density at radius 2 is 0.900 bits per heavy atom. The summed E-state index contributed by atoms with van der Waals surface area (Å²) in [7, 11) is 0. The smallest absolute Gasteiger partial charge is 0.306 e. The Labute approximate surface area is 312 Å². The second kappa shape index (κ2) is 41.1. The minimum atomic E-state index is -0.584. The molecule has 6 nitrogen and oxygen atoms in total. The fraction of sp³-hybridized carbons (Fsp3) is 0.977. The van der Waals surface area contributed by atoms with Crippen LogP contribution in [0.2, 0.25) is 0 Å². The second-order valence-corrected chi connectivity index (χ2v) is 15.3. The van der Waals surface area contributed by atoms with Crippen molar-refractivity contribution in [3.63, 3.8) is 0 Å². The standard InChI is InChI=1S/C44H89NO5/c1-4-7-10-13-19-26-33-42(34-27-20-14-11-8-5-2)50-44(48)36-29-22-18-24-31-38-45(39-40-46)37-30-23-17-15-16-21-28-35-43(47)49-41-32-25-12-9-6-3/h42-43,46-47H,4-41H2,1-3H3. The number of hydrogen-bond donors (Lipinski definition) is 2. The summed E-state index contributed by atoms with van der Waals surface area (Å²) >= 11 is 0. The van der Waals surface area contributed by atoms with Gasteiger partial charge in [-0.25, -0.2) is 0 Å². The van der Waals surface area contributed by atoms with E-state index in [0.717, 1.165) is 71.0 Å². The number of rotatable bonds is 42. The third-order valence-electron chi connectivity index (χ3n) is 10.3. The van der Waals surface area contributed by atoms with E-state index in [9.17, 15) is 15.0 Å². The minimum Gasteiger partial charge on any atom is -0.462 e. The Kier molecular flexibility index (Phi) is 40.5. The molecule has 0 aromatic rings. The highest BCUT2D eigenvalue weighted by Gasteiger charge is 2.14. The van der Waals surface area contributed by atoms with Gasteiger partial charge < -0.3 is 24.6 Å². The lowest BCUT2D eigenvalue weighted by molar-refractivity contribution is -0.150. The molecule has 0 bridgehead atoms. The van der Waals surface area contributed by atoms with Crippen molar-refractivity contribution in [2.45, 2.75) is 245 Å². The summed E-state index contributed by atoms with van der Waals surface area (Å²) in [5.41, 5.74) is 0. The lowest BCUT2D eigenvalue weighted by Gasteiger charge is -2.21. The summed E-state index contributed by atoms with van der Waals surface area (Å²) in [5.74, 6) is 0.0216. The van der Waals surface area contributed by atoms with Crippen molar-refractivity contribution in [3.05, 3.63) is 0 Å². The number of aliphatic hydroxyl groups excluding tert-OH is 2. The summed E-state index contributed by atoms with van der Waals surface area (Å²) in [5, 5.41) is 19.6. The van der Waals surface area contributed by atoms with Crippen LogP contribution in [-0.4, -0.2) is 66.3 Å². The van der Waals surface area contributed by atoms with Gasteiger partial charge in [-0.1, -0.05) is 162 Å². The first kappa shape index (κ1) is 49.3. The highest BCUT2D eigenvalue weighted by molar-refractivity contribution is 5.69. The Hall–Kier alpha value is -0.690. The van der Waals surface area contributed by atoms with Gasteiger partial charge >= 0.3 is 5.97 Å². The first-order valence-corrected chi connectivity index (χ1v) is 22.4. The molecular weight excluding hydrogens is 622 g/mol. The van der Waals surface area contributed by atoms with Gasteiger partial charge in [0, 0.05) is 19.6 Å². The average Bonchev–Trinajstić information content (AvgIpc) is 3.11. The lowest BCUT2D eigenvalue weighted by Crippen LogP contribution is -2.29. The van der Waals surface area contributed by atoms with Crippen molar-refractivity contribution in [3.8, 4) is 0 Å². The van der Waals surface area contributed by atoms with Gasteiger partial charge in [0.15, 0.2) is 6.29 Å². The van der Waals surface area contributed by atoms with Gasteiger partial charge in [0.2, 0.25) is 0 Å².